The lowest BCUT2D eigenvalue weighted by Gasteiger charge is -2.24. The van der Waals surface area contributed by atoms with E-state index in [9.17, 15) is 14.4 Å². The van der Waals surface area contributed by atoms with Gasteiger partial charge in [-0.3, -0.25) is 19.8 Å². The van der Waals surface area contributed by atoms with Crippen LogP contribution in [0.15, 0.2) is 30.3 Å². The van der Waals surface area contributed by atoms with Crippen LogP contribution in [-0.4, -0.2) is 60.3 Å². The second-order valence-electron chi connectivity index (χ2n) is 9.60. The maximum absolute atomic E-state index is 13.2. The summed E-state index contributed by atoms with van der Waals surface area (Å²) in [6.45, 7) is 8.60. The quantitative estimate of drug-likeness (QED) is 0.429. The van der Waals surface area contributed by atoms with E-state index in [1.807, 2.05) is 27.7 Å². The first-order chi connectivity index (χ1) is 17.0. The molecule has 2 aromatic carbocycles. The Hall–Kier alpha value is -3.88. The van der Waals surface area contributed by atoms with E-state index in [0.29, 0.717) is 41.3 Å². The van der Waals surface area contributed by atoms with Crippen LogP contribution in [0.25, 0.3) is 0 Å². The minimum absolute atomic E-state index is 0.00437. The molecule has 0 aliphatic carbocycles. The number of ether oxygens (including phenoxy) is 2. The van der Waals surface area contributed by atoms with Gasteiger partial charge in [0, 0.05) is 30.3 Å². The van der Waals surface area contributed by atoms with Crippen molar-refractivity contribution in [1.29, 1.82) is 5.41 Å². The van der Waals surface area contributed by atoms with Gasteiger partial charge >= 0.3 is 5.97 Å². The molecule has 36 heavy (non-hydrogen) atoms. The number of carboxylic acid groups (broad SMARTS) is 1. The molecule has 0 saturated heterocycles. The zero-order valence-electron chi connectivity index (χ0n) is 21.4. The van der Waals surface area contributed by atoms with Gasteiger partial charge in [0.2, 0.25) is 0 Å². The molecule has 0 radical (unpaired) electrons. The third-order valence-corrected chi connectivity index (χ3v) is 5.93. The van der Waals surface area contributed by atoms with E-state index in [1.165, 1.54) is 7.05 Å². The number of amides is 1. The highest BCUT2D eigenvalue weighted by molar-refractivity contribution is 6.07. The normalized spacial score (nSPS) is 12.8. The Labute approximate surface area is 210 Å². The van der Waals surface area contributed by atoms with Gasteiger partial charge in [0.05, 0.1) is 31.7 Å². The van der Waals surface area contributed by atoms with E-state index in [-0.39, 0.29) is 42.5 Å². The van der Waals surface area contributed by atoms with E-state index in [4.69, 9.17) is 20.0 Å². The van der Waals surface area contributed by atoms with Gasteiger partial charge in [-0.25, -0.2) is 0 Å². The lowest BCUT2D eigenvalue weighted by Crippen LogP contribution is -2.30. The first-order valence-corrected chi connectivity index (χ1v) is 11.8. The van der Waals surface area contributed by atoms with Crippen LogP contribution < -0.4 is 14.8 Å². The highest BCUT2D eigenvalue weighted by Gasteiger charge is 2.30. The summed E-state index contributed by atoms with van der Waals surface area (Å²) in [5, 5.41) is 20.1. The molecule has 3 N–H and O–H groups in total. The number of rotatable bonds is 10. The molecule has 0 saturated carbocycles. The number of ketones is 1. The molecular weight excluding hydrogens is 462 g/mol. The molecule has 1 heterocycles. The lowest BCUT2D eigenvalue weighted by atomic mass is 9.85. The maximum atomic E-state index is 13.2. The minimum atomic E-state index is -0.941. The van der Waals surface area contributed by atoms with Crippen LogP contribution in [0, 0.1) is 5.41 Å². The number of carbonyl (C=O) groups is 3. The molecule has 1 aliphatic rings. The van der Waals surface area contributed by atoms with Crippen LogP contribution in [0.5, 0.6) is 11.5 Å². The van der Waals surface area contributed by atoms with Crippen molar-refractivity contribution in [1.82, 2.24) is 10.2 Å². The summed E-state index contributed by atoms with van der Waals surface area (Å²) in [5.74, 6) is -0.229. The molecule has 0 spiro atoms. The fourth-order valence-electron chi connectivity index (χ4n) is 4.08. The number of aliphatic carboxylic acids is 1. The first-order valence-electron chi connectivity index (χ1n) is 11.8. The summed E-state index contributed by atoms with van der Waals surface area (Å²) in [7, 11) is 1.54. The van der Waals surface area contributed by atoms with Crippen LogP contribution in [-0.2, 0) is 16.8 Å². The number of hydrogen-bond donors (Lipinski definition) is 3. The van der Waals surface area contributed by atoms with Crippen LogP contribution in [0.4, 0.5) is 0 Å². The number of benzene rings is 2. The van der Waals surface area contributed by atoms with Gasteiger partial charge in [0.1, 0.15) is 17.3 Å². The van der Waals surface area contributed by atoms with Gasteiger partial charge in [-0.1, -0.05) is 20.8 Å². The van der Waals surface area contributed by atoms with Crippen molar-refractivity contribution < 1.29 is 29.0 Å². The average molecular weight is 496 g/mol. The monoisotopic (exact) mass is 495 g/mol. The molecule has 0 fully saturated rings. The Morgan fingerprint density at radius 2 is 1.83 bits per heavy atom. The molecule has 192 valence electrons. The number of nitrogens with zero attached hydrogens (tertiary/aromatic N) is 1. The molecular formula is C27H33N3O6. The number of amidine groups is 1. The zero-order valence-corrected chi connectivity index (χ0v) is 21.4. The third-order valence-electron chi connectivity index (χ3n) is 5.93. The van der Waals surface area contributed by atoms with Crippen molar-refractivity contribution in [2.24, 2.45) is 0 Å². The van der Waals surface area contributed by atoms with Gasteiger partial charge in [-0.2, -0.15) is 0 Å². The van der Waals surface area contributed by atoms with E-state index in [0.717, 1.165) is 11.1 Å². The molecule has 1 aliphatic heterocycles. The van der Waals surface area contributed by atoms with Crippen molar-refractivity contribution in [3.8, 4) is 11.5 Å². The summed E-state index contributed by atoms with van der Waals surface area (Å²) in [4.78, 5) is 38.1. The summed E-state index contributed by atoms with van der Waals surface area (Å²) < 4.78 is 11.3. The molecule has 0 aromatic heterocycles. The summed E-state index contributed by atoms with van der Waals surface area (Å²) in [5.41, 5.74) is 2.72. The highest BCUT2D eigenvalue weighted by Crippen LogP contribution is 2.34. The van der Waals surface area contributed by atoms with Crippen molar-refractivity contribution in [3.63, 3.8) is 0 Å². The standard InChI is InChI=1S/C27H33N3O6/c1-6-35-23-12-17-14-30(25(28)18(17)13-19(23)26(34)29-5)15-21(31)16-7-8-22(36-10-9-24(32)33)20(11-16)27(2,3)4/h7-8,11-13,28H,6,9-10,14-15H2,1-5H3,(H,29,34)(H,32,33). The number of carbonyl (C=O) groups excluding carboxylic acids is 2. The van der Waals surface area contributed by atoms with E-state index >= 15 is 0 Å². The van der Waals surface area contributed by atoms with Crippen molar-refractivity contribution in [2.45, 2.75) is 46.1 Å². The van der Waals surface area contributed by atoms with Gasteiger partial charge in [-0.05, 0) is 48.2 Å². The molecule has 9 nitrogen and oxygen atoms in total. The predicted molar refractivity (Wildman–Crippen MR) is 135 cm³/mol. The number of fused-ring (bicyclic) bond motifs is 1. The Kier molecular flexibility index (Phi) is 8.02. The largest absolute Gasteiger partial charge is 0.493 e. The van der Waals surface area contributed by atoms with Gasteiger partial charge in [-0.15, -0.1) is 0 Å². The van der Waals surface area contributed by atoms with Crippen LogP contribution in [0.3, 0.4) is 0 Å². The fourth-order valence-corrected chi connectivity index (χ4v) is 4.08. The Bertz CT molecular complexity index is 1200. The molecule has 1 amide bonds. The molecule has 0 atom stereocenters. The topological polar surface area (TPSA) is 129 Å². The highest BCUT2D eigenvalue weighted by atomic mass is 16.5. The maximum Gasteiger partial charge on any atom is 0.306 e. The second kappa shape index (κ2) is 10.8. The third kappa shape index (κ3) is 5.84. The fraction of sp³-hybridized carbons (Fsp3) is 0.407. The van der Waals surface area contributed by atoms with E-state index in [1.54, 1.807) is 35.2 Å². The number of Topliss-reactive ketones (excluding diaryl/α,β-unsaturated/α-hetero) is 1. The minimum Gasteiger partial charge on any atom is -0.493 e. The molecule has 9 heteroatoms. The van der Waals surface area contributed by atoms with Gasteiger partial charge < -0.3 is 24.8 Å². The molecule has 2 aromatic rings. The van der Waals surface area contributed by atoms with Gasteiger partial charge in [0.15, 0.2) is 5.78 Å². The van der Waals surface area contributed by atoms with Crippen LogP contribution >= 0.6 is 0 Å². The Balaban J connectivity index is 1.82. The first kappa shape index (κ1) is 26.7. The smallest absolute Gasteiger partial charge is 0.306 e. The Morgan fingerprint density at radius 1 is 1.11 bits per heavy atom. The molecule has 0 bridgehead atoms. The van der Waals surface area contributed by atoms with Crippen molar-refractivity contribution in [3.05, 3.63) is 58.1 Å². The second-order valence-corrected chi connectivity index (χ2v) is 9.60. The number of hydrogen-bond acceptors (Lipinski definition) is 6. The predicted octanol–water partition coefficient (Wildman–Crippen LogP) is 3.62. The summed E-state index contributed by atoms with van der Waals surface area (Å²) in [6, 6.07) is 8.56. The summed E-state index contributed by atoms with van der Waals surface area (Å²) in [6.07, 6.45) is -0.117. The molecule has 0 unspecified atom stereocenters. The van der Waals surface area contributed by atoms with Crippen molar-refractivity contribution >= 4 is 23.5 Å². The zero-order chi connectivity index (χ0) is 26.6. The number of nitrogens with one attached hydrogen (secondary N) is 2. The van der Waals surface area contributed by atoms with Crippen LogP contribution in [0.1, 0.15) is 71.5 Å². The molecule has 3 rings (SSSR count). The average Bonchev–Trinajstić information content (AvgIpc) is 3.11. The SMILES string of the molecule is CCOc1cc2c(cc1C(=O)NC)C(=N)N(CC(=O)c1ccc(OCCC(=O)O)c(C(C)(C)C)c1)C2. The van der Waals surface area contributed by atoms with Crippen molar-refractivity contribution in [2.75, 3.05) is 26.8 Å². The Morgan fingerprint density at radius 3 is 2.44 bits per heavy atom. The van der Waals surface area contributed by atoms with Gasteiger partial charge in [0.25, 0.3) is 5.91 Å². The van der Waals surface area contributed by atoms with Crippen LogP contribution in [0.2, 0.25) is 0 Å². The van der Waals surface area contributed by atoms with E-state index in [2.05, 4.69) is 5.32 Å². The lowest BCUT2D eigenvalue weighted by molar-refractivity contribution is -0.137. The summed E-state index contributed by atoms with van der Waals surface area (Å²) >= 11 is 0. The number of carboxylic acids is 1. The van der Waals surface area contributed by atoms with E-state index < -0.39 is 5.97 Å².